The molecule has 0 aliphatic carbocycles. The van der Waals surface area contributed by atoms with Crippen molar-refractivity contribution < 1.29 is 14.8 Å². The van der Waals surface area contributed by atoms with E-state index >= 15 is 0 Å². The third kappa shape index (κ3) is 3.90. The maximum atomic E-state index is 10.9. The Morgan fingerprint density at radius 3 is 2.63 bits per heavy atom. The van der Waals surface area contributed by atoms with E-state index in [9.17, 15) is 15.2 Å². The van der Waals surface area contributed by atoms with E-state index < -0.39 is 16.6 Å². The maximum absolute atomic E-state index is 10.9. The minimum absolute atomic E-state index is 0.0587. The zero-order valence-corrected chi connectivity index (χ0v) is 11.6. The van der Waals surface area contributed by atoms with Gasteiger partial charge in [0.1, 0.15) is 0 Å². The first-order valence-electron chi connectivity index (χ1n) is 6.02. The number of ether oxygens (including phenoxy) is 1. The summed E-state index contributed by atoms with van der Waals surface area (Å²) in [5.74, 6) is 0.239. The van der Waals surface area contributed by atoms with Crippen molar-refractivity contribution in [2.75, 3.05) is 7.11 Å². The lowest BCUT2D eigenvalue weighted by Gasteiger charge is -2.29. The van der Waals surface area contributed by atoms with Crippen LogP contribution in [0.2, 0.25) is 0 Å². The van der Waals surface area contributed by atoms with Gasteiger partial charge < -0.3 is 15.2 Å². The Balaban J connectivity index is 2.86. The van der Waals surface area contributed by atoms with E-state index in [2.05, 4.69) is 5.32 Å². The van der Waals surface area contributed by atoms with Crippen LogP contribution < -0.4 is 10.1 Å². The maximum Gasteiger partial charge on any atom is 0.311 e. The second-order valence-corrected chi connectivity index (χ2v) is 5.01. The van der Waals surface area contributed by atoms with Crippen molar-refractivity contribution in [2.45, 2.75) is 39.0 Å². The number of hydrogen-bond donors (Lipinski definition) is 2. The predicted molar refractivity (Wildman–Crippen MR) is 72.2 cm³/mol. The molecule has 1 unspecified atom stereocenters. The number of aliphatic hydroxyl groups is 1. The first-order chi connectivity index (χ1) is 8.77. The highest BCUT2D eigenvalue weighted by molar-refractivity contribution is 5.48. The Morgan fingerprint density at radius 1 is 1.53 bits per heavy atom. The lowest BCUT2D eigenvalue weighted by atomic mass is 9.98. The number of nitro benzene ring substituents is 1. The standard InChI is InChI=1S/C13H20N2O4/c1-9(16)13(2,3)14-8-10-5-6-12(19-4)11(7-10)15(17)18/h5-7,9,14,16H,8H2,1-4H3. The summed E-state index contributed by atoms with van der Waals surface area (Å²) in [6.07, 6.45) is -0.527. The van der Waals surface area contributed by atoms with E-state index in [1.54, 1.807) is 19.1 Å². The summed E-state index contributed by atoms with van der Waals surface area (Å²) in [7, 11) is 1.40. The molecule has 0 spiro atoms. The molecule has 0 saturated carbocycles. The number of nitrogens with one attached hydrogen (secondary N) is 1. The van der Waals surface area contributed by atoms with Gasteiger partial charge in [-0.25, -0.2) is 0 Å². The van der Waals surface area contributed by atoms with E-state index in [1.807, 2.05) is 13.8 Å². The molecule has 0 bridgehead atoms. The van der Waals surface area contributed by atoms with Crippen molar-refractivity contribution in [1.82, 2.24) is 5.32 Å². The van der Waals surface area contributed by atoms with E-state index in [4.69, 9.17) is 4.74 Å². The fourth-order valence-corrected chi connectivity index (χ4v) is 1.47. The fraction of sp³-hybridized carbons (Fsp3) is 0.538. The first-order valence-corrected chi connectivity index (χ1v) is 6.02. The molecular formula is C13H20N2O4. The lowest BCUT2D eigenvalue weighted by molar-refractivity contribution is -0.385. The molecular weight excluding hydrogens is 248 g/mol. The van der Waals surface area contributed by atoms with Crippen LogP contribution in [0.4, 0.5) is 5.69 Å². The normalized spacial score (nSPS) is 13.1. The second-order valence-electron chi connectivity index (χ2n) is 5.01. The smallest absolute Gasteiger partial charge is 0.311 e. The van der Waals surface area contributed by atoms with Gasteiger partial charge in [-0.3, -0.25) is 10.1 Å². The number of methoxy groups -OCH3 is 1. The molecule has 106 valence electrons. The van der Waals surface area contributed by atoms with Gasteiger partial charge in [0.2, 0.25) is 0 Å². The van der Waals surface area contributed by atoms with Gasteiger partial charge >= 0.3 is 5.69 Å². The van der Waals surface area contributed by atoms with Gasteiger partial charge in [-0.05, 0) is 32.4 Å². The van der Waals surface area contributed by atoms with Crippen LogP contribution in [0.5, 0.6) is 5.75 Å². The van der Waals surface area contributed by atoms with Crippen LogP contribution in [-0.2, 0) is 6.54 Å². The highest BCUT2D eigenvalue weighted by Crippen LogP contribution is 2.27. The van der Waals surface area contributed by atoms with Crippen LogP contribution in [0, 0.1) is 10.1 Å². The van der Waals surface area contributed by atoms with Gasteiger partial charge in [0.05, 0.1) is 18.1 Å². The third-order valence-corrected chi connectivity index (χ3v) is 3.23. The first kappa shape index (κ1) is 15.4. The van der Waals surface area contributed by atoms with Crippen LogP contribution in [0.3, 0.4) is 0 Å². The lowest BCUT2D eigenvalue weighted by Crippen LogP contribution is -2.47. The van der Waals surface area contributed by atoms with Crippen LogP contribution in [-0.4, -0.2) is 28.8 Å². The fourth-order valence-electron chi connectivity index (χ4n) is 1.47. The van der Waals surface area contributed by atoms with Crippen LogP contribution in [0.15, 0.2) is 18.2 Å². The summed E-state index contributed by atoms with van der Waals surface area (Å²) in [5.41, 5.74) is 0.243. The molecule has 1 aromatic carbocycles. The van der Waals surface area contributed by atoms with Crippen molar-refractivity contribution in [2.24, 2.45) is 0 Å². The van der Waals surface area contributed by atoms with Crippen LogP contribution in [0.25, 0.3) is 0 Å². The monoisotopic (exact) mass is 268 g/mol. The highest BCUT2D eigenvalue weighted by Gasteiger charge is 2.23. The van der Waals surface area contributed by atoms with E-state index in [0.29, 0.717) is 6.54 Å². The Hall–Kier alpha value is -1.66. The van der Waals surface area contributed by atoms with Gasteiger partial charge in [-0.1, -0.05) is 6.07 Å². The molecule has 2 N–H and O–H groups in total. The van der Waals surface area contributed by atoms with Crippen LogP contribution >= 0.6 is 0 Å². The number of aliphatic hydroxyl groups excluding tert-OH is 1. The molecule has 19 heavy (non-hydrogen) atoms. The number of rotatable bonds is 6. The highest BCUT2D eigenvalue weighted by atomic mass is 16.6. The molecule has 0 amide bonds. The van der Waals surface area contributed by atoms with Gasteiger partial charge in [-0.15, -0.1) is 0 Å². The summed E-state index contributed by atoms with van der Waals surface area (Å²) in [5, 5.41) is 23.7. The number of nitrogens with zero attached hydrogens (tertiary/aromatic N) is 1. The van der Waals surface area contributed by atoms with Crippen molar-refractivity contribution in [3.8, 4) is 5.75 Å². The molecule has 0 heterocycles. The molecule has 1 atom stereocenters. The number of benzene rings is 1. The van der Waals surface area contributed by atoms with Gasteiger partial charge in [0.25, 0.3) is 0 Å². The molecule has 6 heteroatoms. The molecule has 0 aliphatic heterocycles. The SMILES string of the molecule is COc1ccc(CNC(C)(C)C(C)O)cc1[N+](=O)[O-]. The van der Waals surface area contributed by atoms with E-state index in [-0.39, 0.29) is 11.4 Å². The van der Waals surface area contributed by atoms with Gasteiger partial charge in [0.15, 0.2) is 5.75 Å². The zero-order chi connectivity index (χ0) is 14.6. The van der Waals surface area contributed by atoms with Crippen molar-refractivity contribution in [3.05, 3.63) is 33.9 Å². The Labute approximate surface area is 112 Å². The zero-order valence-electron chi connectivity index (χ0n) is 11.6. The van der Waals surface area contributed by atoms with E-state index in [1.165, 1.54) is 13.2 Å². The quantitative estimate of drug-likeness (QED) is 0.607. The van der Waals surface area contributed by atoms with Crippen molar-refractivity contribution in [3.63, 3.8) is 0 Å². The summed E-state index contributed by atoms with van der Waals surface area (Å²) < 4.78 is 4.94. The molecule has 1 aromatic rings. The van der Waals surface area contributed by atoms with Crippen LogP contribution in [0.1, 0.15) is 26.3 Å². The number of hydrogen-bond acceptors (Lipinski definition) is 5. The Bertz CT molecular complexity index is 458. The van der Waals surface area contributed by atoms with E-state index in [0.717, 1.165) is 5.56 Å². The minimum Gasteiger partial charge on any atom is -0.490 e. The van der Waals surface area contributed by atoms with Crippen molar-refractivity contribution in [1.29, 1.82) is 0 Å². The summed E-state index contributed by atoms with van der Waals surface area (Å²) in [6.45, 7) is 5.87. The van der Waals surface area contributed by atoms with Crippen molar-refractivity contribution >= 4 is 5.69 Å². The molecule has 0 aliphatic rings. The average molecular weight is 268 g/mol. The third-order valence-electron chi connectivity index (χ3n) is 3.23. The molecule has 0 fully saturated rings. The van der Waals surface area contributed by atoms with Gasteiger partial charge in [0, 0.05) is 18.2 Å². The molecule has 0 radical (unpaired) electrons. The topological polar surface area (TPSA) is 84.6 Å². The second kappa shape index (κ2) is 5.99. The Morgan fingerprint density at radius 2 is 2.16 bits per heavy atom. The molecule has 0 saturated heterocycles. The molecule has 0 aromatic heterocycles. The molecule has 6 nitrogen and oxygen atoms in total. The summed E-state index contributed by atoms with van der Waals surface area (Å²) in [6, 6.07) is 4.81. The predicted octanol–water partition coefficient (Wildman–Crippen LogP) is 1.85. The summed E-state index contributed by atoms with van der Waals surface area (Å²) >= 11 is 0. The molecule has 1 rings (SSSR count). The summed E-state index contributed by atoms with van der Waals surface area (Å²) in [4.78, 5) is 10.4. The largest absolute Gasteiger partial charge is 0.490 e. The average Bonchev–Trinajstić information content (AvgIpc) is 2.35. The Kier molecular flexibility index (Phi) is 4.85. The minimum atomic E-state index is -0.527. The number of nitro groups is 1. The van der Waals surface area contributed by atoms with Gasteiger partial charge in [-0.2, -0.15) is 0 Å².